The summed E-state index contributed by atoms with van der Waals surface area (Å²) in [5, 5.41) is 11.6. The van der Waals surface area contributed by atoms with E-state index in [9.17, 15) is 9.59 Å². The number of carbonyl (C=O) groups excluding carboxylic acids is 1. The molecule has 0 saturated carbocycles. The molecule has 1 aromatic rings. The van der Waals surface area contributed by atoms with E-state index < -0.39 is 5.97 Å². The Hall–Kier alpha value is -2.04. The van der Waals surface area contributed by atoms with Crippen molar-refractivity contribution in [3.05, 3.63) is 24.3 Å². The van der Waals surface area contributed by atoms with Crippen molar-refractivity contribution in [3.8, 4) is 0 Å². The summed E-state index contributed by atoms with van der Waals surface area (Å²) in [6, 6.07) is 7.47. The van der Waals surface area contributed by atoms with Gasteiger partial charge in [-0.2, -0.15) is 0 Å². The third kappa shape index (κ3) is 2.61. The first-order chi connectivity index (χ1) is 8.58. The Morgan fingerprint density at radius 1 is 1.50 bits per heavy atom. The number of nitrogens with zero attached hydrogens (tertiary/aromatic N) is 1. The molecule has 2 N–H and O–H groups in total. The maximum absolute atomic E-state index is 11.7. The molecule has 0 saturated heterocycles. The molecule has 0 bridgehead atoms. The molecule has 0 spiro atoms. The zero-order valence-corrected chi connectivity index (χ0v) is 10.2. The van der Waals surface area contributed by atoms with Gasteiger partial charge in [-0.3, -0.25) is 9.59 Å². The predicted octanol–water partition coefficient (Wildman–Crippen LogP) is 1.70. The van der Waals surface area contributed by atoms with Gasteiger partial charge in [0.1, 0.15) is 0 Å². The number of hydrogen-bond acceptors (Lipinski definition) is 3. The van der Waals surface area contributed by atoms with Crippen molar-refractivity contribution in [2.24, 2.45) is 0 Å². The number of carboxylic acid groups (broad SMARTS) is 1. The minimum atomic E-state index is -0.830. The number of para-hydroxylation sites is 2. The minimum Gasteiger partial charge on any atom is -0.481 e. The molecular weight excluding hydrogens is 232 g/mol. The highest BCUT2D eigenvalue weighted by atomic mass is 16.4. The van der Waals surface area contributed by atoms with Crippen LogP contribution in [0.2, 0.25) is 0 Å². The van der Waals surface area contributed by atoms with Crippen LogP contribution in [0.4, 0.5) is 11.4 Å². The number of aliphatic carboxylic acids is 1. The second-order valence-corrected chi connectivity index (χ2v) is 4.46. The predicted molar refractivity (Wildman–Crippen MR) is 68.7 cm³/mol. The summed E-state index contributed by atoms with van der Waals surface area (Å²) in [4.78, 5) is 24.4. The Labute approximate surface area is 105 Å². The van der Waals surface area contributed by atoms with Gasteiger partial charge in [0.15, 0.2) is 0 Å². The van der Waals surface area contributed by atoms with Gasteiger partial charge in [-0.05, 0) is 19.1 Å². The number of anilines is 2. The van der Waals surface area contributed by atoms with Gasteiger partial charge in [0.25, 0.3) is 0 Å². The minimum absolute atomic E-state index is 0.00648. The summed E-state index contributed by atoms with van der Waals surface area (Å²) in [7, 11) is 0. The van der Waals surface area contributed by atoms with E-state index in [1.807, 2.05) is 36.1 Å². The second kappa shape index (κ2) is 5.08. The lowest BCUT2D eigenvalue weighted by atomic mass is 10.1. The number of amides is 1. The van der Waals surface area contributed by atoms with Crippen LogP contribution in [0.1, 0.15) is 19.8 Å². The number of nitrogens with one attached hydrogen (secondary N) is 1. The Bertz CT molecular complexity index is 473. The molecule has 0 radical (unpaired) electrons. The highest BCUT2D eigenvalue weighted by Crippen LogP contribution is 2.31. The van der Waals surface area contributed by atoms with Gasteiger partial charge in [-0.15, -0.1) is 0 Å². The first-order valence-corrected chi connectivity index (χ1v) is 5.95. The molecular formula is C13H16N2O3. The van der Waals surface area contributed by atoms with Crippen molar-refractivity contribution in [2.45, 2.75) is 25.8 Å². The lowest BCUT2D eigenvalue weighted by Crippen LogP contribution is -2.35. The van der Waals surface area contributed by atoms with Crippen LogP contribution in [0.15, 0.2) is 24.3 Å². The molecule has 0 aliphatic carbocycles. The van der Waals surface area contributed by atoms with Crippen molar-refractivity contribution in [1.29, 1.82) is 0 Å². The normalized spacial score (nSPS) is 18.8. The van der Waals surface area contributed by atoms with Crippen LogP contribution < -0.4 is 10.2 Å². The first-order valence-electron chi connectivity index (χ1n) is 5.95. The fourth-order valence-corrected chi connectivity index (χ4v) is 2.20. The van der Waals surface area contributed by atoms with E-state index >= 15 is 0 Å². The average Bonchev–Trinajstić information content (AvgIpc) is 2.41. The van der Waals surface area contributed by atoms with Gasteiger partial charge >= 0.3 is 5.97 Å². The van der Waals surface area contributed by atoms with Crippen molar-refractivity contribution >= 4 is 23.3 Å². The Morgan fingerprint density at radius 3 is 2.94 bits per heavy atom. The summed E-state index contributed by atoms with van der Waals surface area (Å²) in [5.74, 6) is -0.865. The molecule has 5 heteroatoms. The molecule has 0 unspecified atom stereocenters. The molecule has 5 nitrogen and oxygen atoms in total. The van der Waals surface area contributed by atoms with Gasteiger partial charge in [0.2, 0.25) is 5.91 Å². The molecule has 1 amide bonds. The second-order valence-electron chi connectivity index (χ2n) is 4.46. The van der Waals surface area contributed by atoms with Gasteiger partial charge < -0.3 is 15.3 Å². The molecule has 18 heavy (non-hydrogen) atoms. The van der Waals surface area contributed by atoms with Crippen LogP contribution >= 0.6 is 0 Å². The maximum atomic E-state index is 11.7. The van der Waals surface area contributed by atoms with Crippen LogP contribution in [0.3, 0.4) is 0 Å². The molecule has 0 aromatic heterocycles. The maximum Gasteiger partial charge on any atom is 0.305 e. The number of carboxylic acids is 1. The van der Waals surface area contributed by atoms with Gasteiger partial charge in [-0.1, -0.05) is 12.1 Å². The number of fused-ring (bicyclic) bond motifs is 1. The van der Waals surface area contributed by atoms with Crippen molar-refractivity contribution in [1.82, 2.24) is 0 Å². The standard InChI is InChI=1S/C13H16N2O3/c1-9-8-12(16)14-10-4-2-3-5-11(10)15(9)7-6-13(17)18/h2-5,9H,6-8H2,1H3,(H,14,16)(H,17,18)/t9-/m0/s1. The molecule has 2 rings (SSSR count). The fourth-order valence-electron chi connectivity index (χ4n) is 2.20. The van der Waals surface area contributed by atoms with Crippen LogP contribution in [0.25, 0.3) is 0 Å². The molecule has 1 aliphatic rings. The monoisotopic (exact) mass is 248 g/mol. The van der Waals surface area contributed by atoms with Crippen molar-refractivity contribution in [3.63, 3.8) is 0 Å². The van der Waals surface area contributed by atoms with E-state index in [0.717, 1.165) is 11.4 Å². The Morgan fingerprint density at radius 2 is 2.22 bits per heavy atom. The molecule has 0 fully saturated rings. The van der Waals surface area contributed by atoms with E-state index in [1.165, 1.54) is 0 Å². The number of benzene rings is 1. The molecule has 1 atom stereocenters. The summed E-state index contributed by atoms with van der Waals surface area (Å²) < 4.78 is 0. The Kier molecular flexibility index (Phi) is 3.50. The summed E-state index contributed by atoms with van der Waals surface area (Å²) in [6.45, 7) is 2.34. The number of carbonyl (C=O) groups is 2. The lowest BCUT2D eigenvalue weighted by molar-refractivity contribution is -0.136. The van der Waals surface area contributed by atoms with E-state index in [-0.39, 0.29) is 18.4 Å². The third-order valence-corrected chi connectivity index (χ3v) is 3.07. The van der Waals surface area contributed by atoms with Crippen LogP contribution in [0.5, 0.6) is 0 Å². The van der Waals surface area contributed by atoms with E-state index in [1.54, 1.807) is 0 Å². The van der Waals surface area contributed by atoms with E-state index in [4.69, 9.17) is 5.11 Å². The van der Waals surface area contributed by atoms with E-state index in [0.29, 0.717) is 13.0 Å². The van der Waals surface area contributed by atoms with Crippen LogP contribution in [0, 0.1) is 0 Å². The van der Waals surface area contributed by atoms with E-state index in [2.05, 4.69) is 5.32 Å². The largest absolute Gasteiger partial charge is 0.481 e. The lowest BCUT2D eigenvalue weighted by Gasteiger charge is -2.29. The van der Waals surface area contributed by atoms with Crippen LogP contribution in [-0.2, 0) is 9.59 Å². The summed E-state index contributed by atoms with van der Waals surface area (Å²) in [5.41, 5.74) is 1.63. The topological polar surface area (TPSA) is 69.6 Å². The van der Waals surface area contributed by atoms with Crippen molar-refractivity contribution in [2.75, 3.05) is 16.8 Å². The van der Waals surface area contributed by atoms with Gasteiger partial charge in [-0.25, -0.2) is 0 Å². The summed E-state index contributed by atoms with van der Waals surface area (Å²) >= 11 is 0. The van der Waals surface area contributed by atoms with Crippen molar-refractivity contribution < 1.29 is 14.7 Å². The molecule has 1 aromatic carbocycles. The first kappa shape index (κ1) is 12.4. The average molecular weight is 248 g/mol. The zero-order valence-electron chi connectivity index (χ0n) is 10.2. The summed E-state index contributed by atoms with van der Waals surface area (Å²) in [6.07, 6.45) is 0.432. The highest BCUT2D eigenvalue weighted by molar-refractivity contribution is 5.96. The molecule has 96 valence electrons. The van der Waals surface area contributed by atoms with Gasteiger partial charge in [0, 0.05) is 19.0 Å². The smallest absolute Gasteiger partial charge is 0.305 e. The third-order valence-electron chi connectivity index (χ3n) is 3.07. The fraction of sp³-hybridized carbons (Fsp3) is 0.385. The van der Waals surface area contributed by atoms with Crippen LogP contribution in [-0.4, -0.2) is 29.6 Å². The quantitative estimate of drug-likeness (QED) is 0.854. The highest BCUT2D eigenvalue weighted by Gasteiger charge is 2.24. The SMILES string of the molecule is C[C@H]1CC(=O)Nc2ccccc2N1CCC(=O)O. The number of hydrogen-bond donors (Lipinski definition) is 2. The Balaban J connectivity index is 2.30. The zero-order chi connectivity index (χ0) is 13.1. The molecule has 1 heterocycles. The van der Waals surface area contributed by atoms with Gasteiger partial charge in [0.05, 0.1) is 17.8 Å². The molecule has 1 aliphatic heterocycles. The number of rotatable bonds is 3.